The molecule has 2 rings (SSSR count). The van der Waals surface area contributed by atoms with Crippen molar-refractivity contribution in [2.75, 3.05) is 13.1 Å². The summed E-state index contributed by atoms with van der Waals surface area (Å²) in [6.45, 7) is 5.00. The van der Waals surface area contributed by atoms with Gasteiger partial charge in [0.25, 0.3) is 0 Å². The van der Waals surface area contributed by atoms with E-state index in [4.69, 9.17) is 0 Å². The lowest BCUT2D eigenvalue weighted by atomic mass is 10.3. The fourth-order valence-corrected chi connectivity index (χ4v) is 1.35. The summed E-state index contributed by atoms with van der Waals surface area (Å²) >= 11 is 0. The van der Waals surface area contributed by atoms with Gasteiger partial charge in [-0.3, -0.25) is 9.98 Å². The van der Waals surface area contributed by atoms with Crippen LogP contribution in [-0.2, 0) is 0 Å². The van der Waals surface area contributed by atoms with Crippen LogP contribution in [0.25, 0.3) is 0 Å². The fraction of sp³-hybridized carbons (Fsp3) is 0.400. The lowest BCUT2D eigenvalue weighted by Crippen LogP contribution is -2.01. The van der Waals surface area contributed by atoms with Gasteiger partial charge in [-0.25, -0.2) is 0 Å². The molecule has 0 fully saturated rings. The van der Waals surface area contributed by atoms with Gasteiger partial charge < -0.3 is 0 Å². The zero-order chi connectivity index (χ0) is 12.8. The highest BCUT2D eigenvalue weighted by Crippen LogP contribution is 1.95. The highest BCUT2D eigenvalue weighted by atomic mass is 15.3. The van der Waals surface area contributed by atoms with E-state index < -0.39 is 0 Å². The Morgan fingerprint density at radius 2 is 1.39 bits per heavy atom. The molecule has 8 nitrogen and oxygen atoms in total. The number of nitrogens with zero attached hydrogens (tertiary/aromatic N) is 6. The third-order valence-corrected chi connectivity index (χ3v) is 2.37. The predicted molar refractivity (Wildman–Crippen MR) is 66.9 cm³/mol. The quantitative estimate of drug-likeness (QED) is 0.582. The molecule has 0 saturated heterocycles. The fourth-order valence-electron chi connectivity index (χ4n) is 1.35. The Kier molecular flexibility index (Phi) is 3.90. The molecule has 0 atom stereocenters. The molecule has 0 aliphatic heterocycles. The largest absolute Gasteiger partial charge is 0.286 e. The van der Waals surface area contributed by atoms with Gasteiger partial charge in [-0.05, 0) is 13.8 Å². The summed E-state index contributed by atoms with van der Waals surface area (Å²) in [5, 5.41) is 20.5. The molecule has 0 bridgehead atoms. The van der Waals surface area contributed by atoms with Crippen LogP contribution in [0.5, 0.6) is 0 Å². The highest BCUT2D eigenvalue weighted by molar-refractivity contribution is 5.97. The van der Waals surface area contributed by atoms with Crippen LogP contribution in [0.2, 0.25) is 0 Å². The van der Waals surface area contributed by atoms with Crippen LogP contribution in [0.3, 0.4) is 0 Å². The lowest BCUT2D eigenvalue weighted by molar-refractivity contribution is 0.930. The SMILES string of the molecule is CC(=NCCN=C(C)c1cn[nH]n1)c1cn[nH]n1. The third-order valence-electron chi connectivity index (χ3n) is 2.37. The first-order valence-corrected chi connectivity index (χ1v) is 5.52. The molecule has 2 aromatic rings. The second kappa shape index (κ2) is 5.80. The number of hydrogen-bond donors (Lipinski definition) is 2. The van der Waals surface area contributed by atoms with Crippen molar-refractivity contribution in [3.05, 3.63) is 23.8 Å². The molecule has 0 aromatic carbocycles. The van der Waals surface area contributed by atoms with Crippen LogP contribution in [0.15, 0.2) is 22.4 Å². The monoisotopic (exact) mass is 246 g/mol. The molecule has 8 heteroatoms. The second-order valence-corrected chi connectivity index (χ2v) is 3.64. The van der Waals surface area contributed by atoms with Crippen LogP contribution < -0.4 is 0 Å². The van der Waals surface area contributed by atoms with Crippen LogP contribution in [0.4, 0.5) is 0 Å². The molecule has 0 saturated carbocycles. The molecule has 18 heavy (non-hydrogen) atoms. The first-order valence-electron chi connectivity index (χ1n) is 5.52. The van der Waals surface area contributed by atoms with Crippen LogP contribution in [0, 0.1) is 0 Å². The maximum Gasteiger partial charge on any atom is 0.126 e. The Balaban J connectivity index is 1.86. The summed E-state index contributed by atoms with van der Waals surface area (Å²) in [4.78, 5) is 8.73. The van der Waals surface area contributed by atoms with Crippen LogP contribution in [-0.4, -0.2) is 55.3 Å². The molecule has 2 heterocycles. The van der Waals surface area contributed by atoms with Gasteiger partial charge >= 0.3 is 0 Å². The van der Waals surface area contributed by atoms with Crippen LogP contribution >= 0.6 is 0 Å². The molecule has 0 unspecified atom stereocenters. The van der Waals surface area contributed by atoms with Crippen molar-refractivity contribution < 1.29 is 0 Å². The summed E-state index contributed by atoms with van der Waals surface area (Å²) in [6.07, 6.45) is 3.28. The average molecular weight is 246 g/mol. The normalized spacial score (nSPS) is 13.0. The minimum Gasteiger partial charge on any atom is -0.286 e. The van der Waals surface area contributed by atoms with Gasteiger partial charge in [0.15, 0.2) is 0 Å². The van der Waals surface area contributed by atoms with E-state index in [0.29, 0.717) is 13.1 Å². The van der Waals surface area contributed by atoms with E-state index in [2.05, 4.69) is 40.8 Å². The summed E-state index contributed by atoms with van der Waals surface area (Å²) in [7, 11) is 0. The van der Waals surface area contributed by atoms with Gasteiger partial charge in [0.1, 0.15) is 11.4 Å². The number of nitrogens with one attached hydrogen (secondary N) is 2. The number of aromatic amines is 2. The predicted octanol–water partition coefficient (Wildman–Crippen LogP) is 0.241. The van der Waals surface area contributed by atoms with E-state index in [1.54, 1.807) is 12.4 Å². The molecule has 0 aliphatic rings. The molecule has 0 spiro atoms. The van der Waals surface area contributed by atoms with E-state index in [-0.39, 0.29) is 0 Å². The number of aliphatic imine (C=N–C) groups is 2. The zero-order valence-corrected chi connectivity index (χ0v) is 10.3. The first kappa shape index (κ1) is 12.1. The number of aromatic nitrogens is 6. The molecule has 2 N–H and O–H groups in total. The molecular weight excluding hydrogens is 232 g/mol. The van der Waals surface area contributed by atoms with Crippen molar-refractivity contribution >= 4 is 11.4 Å². The smallest absolute Gasteiger partial charge is 0.126 e. The summed E-state index contributed by atoms with van der Waals surface area (Å²) in [5.41, 5.74) is 3.20. The Labute approximate surface area is 104 Å². The summed E-state index contributed by atoms with van der Waals surface area (Å²) in [5.74, 6) is 0. The molecule has 94 valence electrons. The second-order valence-electron chi connectivity index (χ2n) is 3.64. The van der Waals surface area contributed by atoms with Crippen LogP contribution in [0.1, 0.15) is 25.2 Å². The topological polar surface area (TPSA) is 108 Å². The molecule has 0 amide bonds. The maximum atomic E-state index is 4.36. The number of rotatable bonds is 5. The minimum absolute atomic E-state index is 0.605. The maximum absolute atomic E-state index is 4.36. The molecule has 0 aliphatic carbocycles. The molecular formula is C10H14N8. The highest BCUT2D eigenvalue weighted by Gasteiger charge is 2.00. The van der Waals surface area contributed by atoms with E-state index in [1.807, 2.05) is 13.8 Å². The van der Waals surface area contributed by atoms with Gasteiger partial charge in [-0.1, -0.05) is 0 Å². The minimum atomic E-state index is 0.605. The lowest BCUT2D eigenvalue weighted by Gasteiger charge is -1.96. The Bertz CT molecular complexity index is 472. The molecule has 0 radical (unpaired) electrons. The van der Waals surface area contributed by atoms with Crippen molar-refractivity contribution in [3.63, 3.8) is 0 Å². The number of H-pyrrole nitrogens is 2. The van der Waals surface area contributed by atoms with Gasteiger partial charge in [-0.15, -0.1) is 0 Å². The van der Waals surface area contributed by atoms with E-state index >= 15 is 0 Å². The van der Waals surface area contributed by atoms with E-state index in [1.165, 1.54) is 0 Å². The third kappa shape index (κ3) is 3.06. The van der Waals surface area contributed by atoms with Gasteiger partial charge in [0, 0.05) is 0 Å². The Morgan fingerprint density at radius 1 is 0.944 bits per heavy atom. The van der Waals surface area contributed by atoms with Gasteiger partial charge in [-0.2, -0.15) is 30.8 Å². The summed E-state index contributed by atoms with van der Waals surface area (Å²) < 4.78 is 0. The standard InChI is InChI=1S/C10H14N8/c1-7(9-5-13-17-15-9)11-3-4-12-8(2)10-6-14-18-16-10/h5-6H,3-4H2,1-2H3,(H,13,15,17)(H,14,16,18). The van der Waals surface area contributed by atoms with Crippen molar-refractivity contribution in [1.29, 1.82) is 0 Å². The van der Waals surface area contributed by atoms with E-state index in [0.717, 1.165) is 22.8 Å². The van der Waals surface area contributed by atoms with Gasteiger partial charge in [0.2, 0.25) is 0 Å². The van der Waals surface area contributed by atoms with Gasteiger partial charge in [0.05, 0.1) is 36.9 Å². The number of hydrogen-bond acceptors (Lipinski definition) is 6. The molecule has 2 aromatic heterocycles. The van der Waals surface area contributed by atoms with Crippen molar-refractivity contribution in [2.24, 2.45) is 9.98 Å². The van der Waals surface area contributed by atoms with E-state index in [9.17, 15) is 0 Å². The first-order chi connectivity index (χ1) is 8.77. The Hall–Kier alpha value is -2.38. The van der Waals surface area contributed by atoms with Crippen molar-refractivity contribution in [2.45, 2.75) is 13.8 Å². The Morgan fingerprint density at radius 3 is 1.72 bits per heavy atom. The van der Waals surface area contributed by atoms with Crippen molar-refractivity contribution in [1.82, 2.24) is 30.8 Å². The summed E-state index contributed by atoms with van der Waals surface area (Å²) in [6, 6.07) is 0. The average Bonchev–Trinajstić information content (AvgIpc) is 3.05. The zero-order valence-electron chi connectivity index (χ0n) is 10.3. The van der Waals surface area contributed by atoms with Crippen molar-refractivity contribution in [3.8, 4) is 0 Å².